The predicted molar refractivity (Wildman–Crippen MR) is 78.4 cm³/mol. The van der Waals surface area contributed by atoms with E-state index in [1.807, 2.05) is 7.05 Å². The third-order valence-corrected chi connectivity index (χ3v) is 5.61. The van der Waals surface area contributed by atoms with E-state index in [0.29, 0.717) is 4.88 Å². The number of alkyl halides is 3. The van der Waals surface area contributed by atoms with Crippen LogP contribution in [-0.2, 0) is 6.18 Å². The Bertz CT molecular complexity index is 468. The van der Waals surface area contributed by atoms with Crippen molar-refractivity contribution in [3.8, 4) is 0 Å². The summed E-state index contributed by atoms with van der Waals surface area (Å²) in [5, 5.41) is 2.45. The molecule has 0 radical (unpaired) electrons. The van der Waals surface area contributed by atoms with Gasteiger partial charge in [0.2, 0.25) is 0 Å². The average molecular weight is 321 g/mol. The number of aromatic nitrogens is 1. The van der Waals surface area contributed by atoms with Crippen molar-refractivity contribution in [2.45, 2.75) is 50.9 Å². The molecule has 0 aromatic carbocycles. The Morgan fingerprint density at radius 1 is 1.38 bits per heavy atom. The van der Waals surface area contributed by atoms with E-state index < -0.39 is 11.2 Å². The molecule has 0 amide bonds. The highest BCUT2D eigenvalue weighted by molar-refractivity contribution is 7.11. The van der Waals surface area contributed by atoms with Crippen molar-refractivity contribution in [1.29, 1.82) is 0 Å². The molecule has 0 bridgehead atoms. The van der Waals surface area contributed by atoms with Crippen molar-refractivity contribution in [3.05, 3.63) is 16.1 Å². The first kappa shape index (κ1) is 16.7. The first-order valence-corrected chi connectivity index (χ1v) is 8.09. The molecule has 7 heteroatoms. The molecule has 1 saturated heterocycles. The molecule has 1 aromatic heterocycles. The standard InChI is InChI=1S/C14H22F3N3S/c1-4-13(2,20-7-5-6-8-20)11(18-3)10-9-19-12(21-10)14(15,16)17/h9,11,18H,4-8H2,1-3H3. The van der Waals surface area contributed by atoms with Gasteiger partial charge in [0, 0.05) is 16.6 Å². The van der Waals surface area contributed by atoms with Crippen LogP contribution in [0.3, 0.4) is 0 Å². The second-order valence-corrected chi connectivity index (χ2v) is 6.75. The van der Waals surface area contributed by atoms with Crippen LogP contribution in [0.4, 0.5) is 13.2 Å². The number of nitrogens with one attached hydrogen (secondary N) is 1. The van der Waals surface area contributed by atoms with Crippen molar-refractivity contribution < 1.29 is 13.2 Å². The van der Waals surface area contributed by atoms with Gasteiger partial charge in [-0.3, -0.25) is 4.90 Å². The van der Waals surface area contributed by atoms with Crippen molar-refractivity contribution >= 4 is 11.3 Å². The Balaban J connectivity index is 2.30. The average Bonchev–Trinajstić information content (AvgIpc) is 3.09. The molecule has 0 saturated carbocycles. The van der Waals surface area contributed by atoms with Crippen LogP contribution in [0.2, 0.25) is 0 Å². The highest BCUT2D eigenvalue weighted by atomic mass is 32.1. The van der Waals surface area contributed by atoms with Crippen LogP contribution < -0.4 is 5.32 Å². The quantitative estimate of drug-likeness (QED) is 0.896. The Hall–Kier alpha value is -0.660. The zero-order valence-corrected chi connectivity index (χ0v) is 13.4. The topological polar surface area (TPSA) is 28.2 Å². The minimum atomic E-state index is -4.36. The second-order valence-electron chi connectivity index (χ2n) is 5.69. The Morgan fingerprint density at radius 2 is 2.00 bits per heavy atom. The number of likely N-dealkylation sites (tertiary alicyclic amines) is 1. The fraction of sp³-hybridized carbons (Fsp3) is 0.786. The van der Waals surface area contributed by atoms with Crippen molar-refractivity contribution in [1.82, 2.24) is 15.2 Å². The number of nitrogens with zero attached hydrogens (tertiary/aromatic N) is 2. The summed E-state index contributed by atoms with van der Waals surface area (Å²) in [6, 6.07) is -0.144. The van der Waals surface area contributed by atoms with Gasteiger partial charge in [-0.1, -0.05) is 6.92 Å². The van der Waals surface area contributed by atoms with Gasteiger partial charge in [-0.25, -0.2) is 4.98 Å². The number of likely N-dealkylation sites (N-methyl/N-ethyl adjacent to an activating group) is 1. The van der Waals surface area contributed by atoms with Crippen LogP contribution in [0, 0.1) is 0 Å². The monoisotopic (exact) mass is 321 g/mol. The van der Waals surface area contributed by atoms with Gasteiger partial charge in [0.1, 0.15) is 0 Å². The number of hydrogen-bond donors (Lipinski definition) is 1. The highest BCUT2D eigenvalue weighted by Gasteiger charge is 2.42. The molecular formula is C14H22F3N3S. The van der Waals surface area contributed by atoms with Crippen LogP contribution in [0.5, 0.6) is 0 Å². The van der Waals surface area contributed by atoms with Crippen LogP contribution >= 0.6 is 11.3 Å². The van der Waals surface area contributed by atoms with Crippen LogP contribution in [0.15, 0.2) is 6.20 Å². The minimum absolute atomic E-state index is 0.144. The molecule has 1 N–H and O–H groups in total. The molecule has 1 aromatic rings. The lowest BCUT2D eigenvalue weighted by atomic mass is 9.86. The molecule has 0 aliphatic carbocycles. The van der Waals surface area contributed by atoms with Gasteiger partial charge in [0.15, 0.2) is 5.01 Å². The maximum absolute atomic E-state index is 12.8. The fourth-order valence-electron chi connectivity index (χ4n) is 3.15. The molecule has 21 heavy (non-hydrogen) atoms. The summed E-state index contributed by atoms with van der Waals surface area (Å²) in [5.41, 5.74) is -0.194. The van der Waals surface area contributed by atoms with Gasteiger partial charge < -0.3 is 5.32 Å². The zero-order valence-electron chi connectivity index (χ0n) is 12.6. The maximum atomic E-state index is 12.8. The van der Waals surface area contributed by atoms with E-state index in [4.69, 9.17) is 0 Å². The molecule has 3 nitrogen and oxygen atoms in total. The molecular weight excluding hydrogens is 299 g/mol. The van der Waals surface area contributed by atoms with Crippen molar-refractivity contribution in [2.75, 3.05) is 20.1 Å². The van der Waals surface area contributed by atoms with E-state index in [0.717, 1.165) is 43.7 Å². The minimum Gasteiger partial charge on any atom is -0.311 e. The molecule has 120 valence electrons. The lowest BCUT2D eigenvalue weighted by Gasteiger charge is -2.44. The van der Waals surface area contributed by atoms with E-state index in [9.17, 15) is 13.2 Å². The summed E-state index contributed by atoms with van der Waals surface area (Å²) in [4.78, 5) is 6.61. The first-order valence-electron chi connectivity index (χ1n) is 7.28. The normalized spacial score (nSPS) is 21.4. The van der Waals surface area contributed by atoms with E-state index in [1.165, 1.54) is 6.20 Å². The summed E-state index contributed by atoms with van der Waals surface area (Å²) in [6.07, 6.45) is 0.193. The van der Waals surface area contributed by atoms with Gasteiger partial charge in [0.25, 0.3) is 0 Å². The molecule has 0 spiro atoms. The predicted octanol–water partition coefficient (Wildman–Crippen LogP) is 3.69. The summed E-state index contributed by atoms with van der Waals surface area (Å²) in [7, 11) is 1.81. The number of hydrogen-bond acceptors (Lipinski definition) is 4. The van der Waals surface area contributed by atoms with Gasteiger partial charge in [-0.2, -0.15) is 13.2 Å². The fourth-order valence-corrected chi connectivity index (χ4v) is 4.19. The third kappa shape index (κ3) is 3.24. The van der Waals surface area contributed by atoms with Gasteiger partial charge in [-0.05, 0) is 46.3 Å². The second kappa shape index (κ2) is 6.22. The van der Waals surface area contributed by atoms with Crippen LogP contribution in [-0.4, -0.2) is 35.6 Å². The van der Waals surface area contributed by atoms with Crippen LogP contribution in [0.1, 0.15) is 49.0 Å². The lowest BCUT2D eigenvalue weighted by Crippen LogP contribution is -2.52. The highest BCUT2D eigenvalue weighted by Crippen LogP contribution is 2.41. The SMILES string of the molecule is CCC(C)(C(NC)c1cnc(C(F)(F)F)s1)N1CCCC1. The van der Waals surface area contributed by atoms with E-state index in [1.54, 1.807) is 0 Å². The summed E-state index contributed by atoms with van der Waals surface area (Å²) >= 11 is 0.748. The van der Waals surface area contributed by atoms with Crippen LogP contribution in [0.25, 0.3) is 0 Å². The zero-order chi connectivity index (χ0) is 15.7. The molecule has 2 heterocycles. The number of rotatable bonds is 5. The molecule has 1 aliphatic heterocycles. The Kier molecular flexibility index (Phi) is 4.95. The van der Waals surface area contributed by atoms with Crippen molar-refractivity contribution in [2.24, 2.45) is 0 Å². The number of thiazole rings is 1. The van der Waals surface area contributed by atoms with E-state index in [2.05, 4.69) is 29.0 Å². The molecule has 2 rings (SSSR count). The smallest absolute Gasteiger partial charge is 0.311 e. The molecule has 1 aliphatic rings. The first-order chi connectivity index (χ1) is 9.82. The van der Waals surface area contributed by atoms with Gasteiger partial charge in [-0.15, -0.1) is 11.3 Å². The maximum Gasteiger partial charge on any atom is 0.443 e. The van der Waals surface area contributed by atoms with Gasteiger partial charge in [0.05, 0.1) is 6.04 Å². The van der Waals surface area contributed by atoms with Crippen molar-refractivity contribution in [3.63, 3.8) is 0 Å². The molecule has 1 fully saturated rings. The largest absolute Gasteiger partial charge is 0.443 e. The molecule has 2 unspecified atom stereocenters. The van der Waals surface area contributed by atoms with Gasteiger partial charge >= 0.3 is 6.18 Å². The van der Waals surface area contributed by atoms with E-state index in [-0.39, 0.29) is 11.6 Å². The lowest BCUT2D eigenvalue weighted by molar-refractivity contribution is -0.137. The summed E-state index contributed by atoms with van der Waals surface area (Å²) in [5.74, 6) is 0. The summed E-state index contributed by atoms with van der Waals surface area (Å²) in [6.45, 7) is 6.24. The number of halogens is 3. The Morgan fingerprint density at radius 3 is 2.43 bits per heavy atom. The molecule has 2 atom stereocenters. The van der Waals surface area contributed by atoms with E-state index >= 15 is 0 Å². The summed E-state index contributed by atoms with van der Waals surface area (Å²) < 4.78 is 38.3. The Labute approximate surface area is 127 Å². The third-order valence-electron chi connectivity index (χ3n) is 4.51.